The molecule has 2 aliphatic heterocycles. The van der Waals surface area contributed by atoms with Crippen LogP contribution in [-0.2, 0) is 9.53 Å². The molecule has 2 aliphatic rings. The van der Waals surface area contributed by atoms with Gasteiger partial charge >= 0.3 is 5.97 Å². The van der Waals surface area contributed by atoms with E-state index in [-0.39, 0.29) is 30.6 Å². The molecule has 1 fully saturated rings. The van der Waals surface area contributed by atoms with Crippen molar-refractivity contribution in [3.05, 3.63) is 53.6 Å². The summed E-state index contributed by atoms with van der Waals surface area (Å²) in [6.45, 7) is 0.909. The molecule has 4 rings (SSSR count). The highest BCUT2D eigenvalue weighted by Crippen LogP contribution is 2.43. The Hall–Kier alpha value is -2.73. The summed E-state index contributed by atoms with van der Waals surface area (Å²) in [6.07, 6.45) is 0. The summed E-state index contributed by atoms with van der Waals surface area (Å²) in [5.41, 5.74) is 2.07. The Balaban J connectivity index is 1.66. The van der Waals surface area contributed by atoms with Crippen LogP contribution in [0.5, 0.6) is 17.2 Å². The number of rotatable bonds is 4. The lowest BCUT2D eigenvalue weighted by Gasteiger charge is -2.22. The monoisotopic (exact) mass is 355 g/mol. The number of carbonyl (C=O) groups is 1. The quantitative estimate of drug-likeness (QED) is 0.851. The Morgan fingerprint density at radius 3 is 2.50 bits per heavy atom. The molecule has 0 unspecified atom stereocenters. The zero-order chi connectivity index (χ0) is 18.1. The van der Waals surface area contributed by atoms with E-state index in [0.29, 0.717) is 6.54 Å². The molecule has 1 saturated heterocycles. The third-order valence-corrected chi connectivity index (χ3v) is 5.12. The number of methoxy groups -OCH3 is 2. The van der Waals surface area contributed by atoms with Gasteiger partial charge in [0.1, 0.15) is 5.75 Å². The van der Waals surface area contributed by atoms with E-state index in [1.807, 2.05) is 42.5 Å². The Bertz CT molecular complexity index is 804. The van der Waals surface area contributed by atoms with Gasteiger partial charge in [-0.3, -0.25) is 4.79 Å². The Morgan fingerprint density at radius 1 is 1.04 bits per heavy atom. The van der Waals surface area contributed by atoms with E-state index in [9.17, 15) is 4.79 Å². The molecule has 0 amide bonds. The maximum atomic E-state index is 12.6. The molecule has 0 aliphatic carbocycles. The lowest BCUT2D eigenvalue weighted by atomic mass is 9.83. The minimum absolute atomic E-state index is 0.0101. The predicted molar refractivity (Wildman–Crippen MR) is 94.5 cm³/mol. The second kappa shape index (κ2) is 6.88. The Morgan fingerprint density at radius 2 is 1.77 bits per heavy atom. The van der Waals surface area contributed by atoms with Gasteiger partial charge in [0.2, 0.25) is 6.79 Å². The Labute approximate surface area is 152 Å². The summed E-state index contributed by atoms with van der Waals surface area (Å²) in [5.74, 6) is 1.69. The second-order valence-electron chi connectivity index (χ2n) is 6.43. The smallest absolute Gasteiger partial charge is 0.311 e. The van der Waals surface area contributed by atoms with Crippen LogP contribution in [0.25, 0.3) is 0 Å². The van der Waals surface area contributed by atoms with Crippen LogP contribution < -0.4 is 19.5 Å². The topological polar surface area (TPSA) is 66.0 Å². The van der Waals surface area contributed by atoms with Gasteiger partial charge in [0.15, 0.2) is 11.5 Å². The van der Waals surface area contributed by atoms with Crippen molar-refractivity contribution in [2.24, 2.45) is 5.92 Å². The van der Waals surface area contributed by atoms with Gasteiger partial charge in [-0.25, -0.2) is 0 Å². The van der Waals surface area contributed by atoms with Crippen molar-refractivity contribution in [3.8, 4) is 17.2 Å². The maximum absolute atomic E-state index is 12.6. The highest BCUT2D eigenvalue weighted by Gasteiger charge is 2.43. The number of carbonyl (C=O) groups excluding carboxylic acids is 1. The summed E-state index contributed by atoms with van der Waals surface area (Å²) in [4.78, 5) is 12.6. The van der Waals surface area contributed by atoms with Gasteiger partial charge in [0.05, 0.1) is 20.1 Å². The molecule has 6 heteroatoms. The fourth-order valence-electron chi connectivity index (χ4n) is 3.78. The van der Waals surface area contributed by atoms with Crippen molar-refractivity contribution in [1.82, 2.24) is 5.32 Å². The number of nitrogens with one attached hydrogen (secondary N) is 1. The number of esters is 1. The van der Waals surface area contributed by atoms with E-state index >= 15 is 0 Å². The van der Waals surface area contributed by atoms with E-state index in [0.717, 1.165) is 28.4 Å². The number of hydrogen-bond donors (Lipinski definition) is 1. The normalized spacial score (nSPS) is 23.7. The van der Waals surface area contributed by atoms with Crippen LogP contribution in [0, 0.1) is 5.92 Å². The number of ether oxygens (including phenoxy) is 4. The number of fused-ring (bicyclic) bond motifs is 1. The molecule has 3 atom stereocenters. The van der Waals surface area contributed by atoms with Crippen molar-refractivity contribution < 1.29 is 23.7 Å². The fraction of sp³-hybridized carbons (Fsp3) is 0.350. The first-order valence-electron chi connectivity index (χ1n) is 8.56. The first-order valence-corrected chi connectivity index (χ1v) is 8.56. The van der Waals surface area contributed by atoms with Gasteiger partial charge in [-0.2, -0.15) is 0 Å². The van der Waals surface area contributed by atoms with Crippen LogP contribution in [0.1, 0.15) is 23.1 Å². The highest BCUT2D eigenvalue weighted by molar-refractivity contribution is 5.75. The van der Waals surface area contributed by atoms with E-state index in [1.165, 1.54) is 7.11 Å². The van der Waals surface area contributed by atoms with Gasteiger partial charge in [0.25, 0.3) is 0 Å². The standard InChI is InChI=1S/C20H21NO5/c1-23-14-6-3-12(4-7-14)19-18(20(22)24-2)15(10-21-19)13-5-8-16-17(9-13)26-11-25-16/h3-9,15,18-19,21H,10-11H2,1-2H3/t15-,18-,19+/m0/s1. The Kier molecular flexibility index (Phi) is 4.42. The van der Waals surface area contributed by atoms with Crippen LogP contribution in [0.15, 0.2) is 42.5 Å². The summed E-state index contributed by atoms with van der Waals surface area (Å²) >= 11 is 0. The van der Waals surface area contributed by atoms with Crippen molar-refractivity contribution in [2.75, 3.05) is 27.6 Å². The number of benzene rings is 2. The summed E-state index contributed by atoms with van der Waals surface area (Å²) in [7, 11) is 3.07. The minimum Gasteiger partial charge on any atom is -0.497 e. The van der Waals surface area contributed by atoms with Gasteiger partial charge in [-0.15, -0.1) is 0 Å². The molecule has 2 aromatic carbocycles. The third-order valence-electron chi connectivity index (χ3n) is 5.12. The van der Waals surface area contributed by atoms with Crippen LogP contribution in [-0.4, -0.2) is 33.5 Å². The van der Waals surface area contributed by atoms with Crippen LogP contribution in [0.2, 0.25) is 0 Å². The van der Waals surface area contributed by atoms with Crippen molar-refractivity contribution in [3.63, 3.8) is 0 Å². The first kappa shape index (κ1) is 16.7. The molecule has 2 aromatic rings. The molecule has 0 radical (unpaired) electrons. The lowest BCUT2D eigenvalue weighted by molar-refractivity contribution is -0.146. The maximum Gasteiger partial charge on any atom is 0.311 e. The van der Waals surface area contributed by atoms with Crippen LogP contribution in [0.3, 0.4) is 0 Å². The van der Waals surface area contributed by atoms with Gasteiger partial charge in [0, 0.05) is 18.5 Å². The molecule has 1 N–H and O–H groups in total. The lowest BCUT2D eigenvalue weighted by Crippen LogP contribution is -2.26. The number of hydrogen-bond acceptors (Lipinski definition) is 6. The van der Waals surface area contributed by atoms with Gasteiger partial charge in [-0.05, 0) is 35.4 Å². The minimum atomic E-state index is -0.325. The molecule has 136 valence electrons. The third kappa shape index (κ3) is 2.86. The van der Waals surface area contributed by atoms with Crippen molar-refractivity contribution in [2.45, 2.75) is 12.0 Å². The molecule has 26 heavy (non-hydrogen) atoms. The molecule has 6 nitrogen and oxygen atoms in total. The van der Waals surface area contributed by atoms with Gasteiger partial charge < -0.3 is 24.3 Å². The molecule has 0 spiro atoms. The fourth-order valence-corrected chi connectivity index (χ4v) is 3.78. The van der Waals surface area contributed by atoms with Crippen molar-refractivity contribution in [1.29, 1.82) is 0 Å². The van der Waals surface area contributed by atoms with Crippen LogP contribution >= 0.6 is 0 Å². The summed E-state index contributed by atoms with van der Waals surface area (Å²) in [5, 5.41) is 3.48. The zero-order valence-electron chi connectivity index (χ0n) is 14.7. The van der Waals surface area contributed by atoms with E-state index in [1.54, 1.807) is 7.11 Å². The average Bonchev–Trinajstić information content (AvgIpc) is 3.33. The molecule has 0 bridgehead atoms. The van der Waals surface area contributed by atoms with Crippen molar-refractivity contribution >= 4 is 5.97 Å². The highest BCUT2D eigenvalue weighted by atomic mass is 16.7. The molecular weight excluding hydrogens is 334 g/mol. The molecular formula is C20H21NO5. The SMILES string of the molecule is COC(=O)[C@@H]1[C@@H](c2ccc(OC)cc2)NC[C@H]1c1ccc2c(c1)OCO2. The zero-order valence-corrected chi connectivity index (χ0v) is 14.7. The average molecular weight is 355 g/mol. The van der Waals surface area contributed by atoms with E-state index in [2.05, 4.69) is 5.32 Å². The molecule has 0 aromatic heterocycles. The van der Waals surface area contributed by atoms with E-state index < -0.39 is 0 Å². The van der Waals surface area contributed by atoms with E-state index in [4.69, 9.17) is 18.9 Å². The first-order chi connectivity index (χ1) is 12.7. The molecule has 2 heterocycles. The summed E-state index contributed by atoms with van der Waals surface area (Å²) < 4.78 is 21.2. The largest absolute Gasteiger partial charge is 0.497 e. The second-order valence-corrected chi connectivity index (χ2v) is 6.43. The molecule has 0 saturated carbocycles. The predicted octanol–water partition coefficient (Wildman–Crippen LogP) is 2.64. The summed E-state index contributed by atoms with van der Waals surface area (Å²) in [6, 6.07) is 13.5. The van der Waals surface area contributed by atoms with Crippen LogP contribution in [0.4, 0.5) is 0 Å². The van der Waals surface area contributed by atoms with Gasteiger partial charge in [-0.1, -0.05) is 18.2 Å².